The highest BCUT2D eigenvalue weighted by Crippen LogP contribution is 2.28. The molecule has 3 saturated heterocycles. The van der Waals surface area contributed by atoms with Gasteiger partial charge in [-0.2, -0.15) is 0 Å². The van der Waals surface area contributed by atoms with Crippen molar-refractivity contribution in [3.8, 4) is 0 Å². The minimum Gasteiger partial charge on any atom is -0.376 e. The smallest absolute Gasteiger partial charge is 0.317 e. The number of carbonyl (C=O) groups is 1. The first-order valence-corrected chi connectivity index (χ1v) is 10.3. The van der Waals surface area contributed by atoms with Crippen molar-refractivity contribution in [3.63, 3.8) is 0 Å². The Labute approximate surface area is 138 Å². The van der Waals surface area contributed by atoms with Gasteiger partial charge in [-0.25, -0.2) is 17.5 Å². The summed E-state index contributed by atoms with van der Waals surface area (Å²) >= 11 is 0. The van der Waals surface area contributed by atoms with E-state index in [0.717, 1.165) is 38.8 Å². The molecule has 8 heteroatoms. The highest BCUT2D eigenvalue weighted by molar-refractivity contribution is 7.89. The molecule has 0 saturated carbocycles. The van der Waals surface area contributed by atoms with E-state index in [1.54, 1.807) is 6.92 Å². The molecule has 0 bridgehead atoms. The van der Waals surface area contributed by atoms with Gasteiger partial charge in [-0.1, -0.05) is 0 Å². The number of likely N-dealkylation sites (tertiary alicyclic amines) is 1. The lowest BCUT2D eigenvalue weighted by molar-refractivity contribution is 0.0516. The third-order valence-electron chi connectivity index (χ3n) is 5.18. The van der Waals surface area contributed by atoms with Gasteiger partial charge in [0.2, 0.25) is 10.0 Å². The number of ether oxygens (including phenoxy) is 1. The number of hydrogen-bond acceptors (Lipinski definition) is 4. The van der Waals surface area contributed by atoms with Crippen molar-refractivity contribution in [2.45, 2.75) is 44.8 Å². The molecule has 0 radical (unpaired) electrons. The van der Waals surface area contributed by atoms with E-state index in [2.05, 4.69) is 5.32 Å². The summed E-state index contributed by atoms with van der Waals surface area (Å²) in [6.45, 7) is 4.83. The molecule has 2 amide bonds. The number of urea groups is 1. The minimum absolute atomic E-state index is 0.0280. The number of nitrogens with one attached hydrogen (secondary N) is 1. The molecule has 2 atom stereocenters. The summed E-state index contributed by atoms with van der Waals surface area (Å²) in [5.41, 5.74) is 0. The standard InChI is InChI=1S/C15H27N3O4S/c1-2-23(20,21)17-10-12(11-17)9-16-15(19)18-7-3-5-13(18)14-6-4-8-22-14/h12-14H,2-11H2,1H3,(H,16,19)/t13-,14-/m0/s1. The lowest BCUT2D eigenvalue weighted by atomic mass is 10.0. The van der Waals surface area contributed by atoms with Crippen LogP contribution in [0.25, 0.3) is 0 Å². The second kappa shape index (κ2) is 6.94. The molecule has 0 unspecified atom stereocenters. The van der Waals surface area contributed by atoms with Gasteiger partial charge in [0.1, 0.15) is 0 Å². The molecule has 3 aliphatic rings. The van der Waals surface area contributed by atoms with Gasteiger partial charge in [-0.3, -0.25) is 0 Å². The Morgan fingerprint density at radius 1 is 1.26 bits per heavy atom. The monoisotopic (exact) mass is 345 g/mol. The van der Waals surface area contributed by atoms with Gasteiger partial charge in [0.05, 0.1) is 17.9 Å². The summed E-state index contributed by atoms with van der Waals surface area (Å²) in [4.78, 5) is 14.3. The molecule has 0 aromatic rings. The molecule has 3 fully saturated rings. The van der Waals surface area contributed by atoms with Gasteiger partial charge in [-0.05, 0) is 32.6 Å². The first kappa shape index (κ1) is 17.0. The van der Waals surface area contributed by atoms with Crippen LogP contribution in [0.2, 0.25) is 0 Å². The largest absolute Gasteiger partial charge is 0.376 e. The molecule has 3 aliphatic heterocycles. The van der Waals surface area contributed by atoms with Crippen LogP contribution in [0.1, 0.15) is 32.6 Å². The van der Waals surface area contributed by atoms with Crippen LogP contribution in [0.3, 0.4) is 0 Å². The van der Waals surface area contributed by atoms with E-state index in [0.29, 0.717) is 19.6 Å². The Morgan fingerprint density at radius 3 is 2.70 bits per heavy atom. The Kier molecular flexibility index (Phi) is 5.13. The Hall–Kier alpha value is -0.860. The summed E-state index contributed by atoms with van der Waals surface area (Å²) in [7, 11) is -3.07. The fourth-order valence-corrected chi connectivity index (χ4v) is 4.97. The molecular formula is C15H27N3O4S. The summed E-state index contributed by atoms with van der Waals surface area (Å²) < 4.78 is 30.6. The van der Waals surface area contributed by atoms with Crippen molar-refractivity contribution >= 4 is 16.1 Å². The molecule has 0 spiro atoms. The molecule has 7 nitrogen and oxygen atoms in total. The van der Waals surface area contributed by atoms with Gasteiger partial charge < -0.3 is 15.0 Å². The SMILES string of the molecule is CCS(=O)(=O)N1CC(CNC(=O)N2CCC[C@H]2[C@@H]2CCCO2)C1. The van der Waals surface area contributed by atoms with Crippen molar-refractivity contribution < 1.29 is 17.9 Å². The number of carbonyl (C=O) groups excluding carboxylic acids is 1. The van der Waals surface area contributed by atoms with Crippen LogP contribution >= 0.6 is 0 Å². The molecule has 132 valence electrons. The maximum atomic E-state index is 12.4. The summed E-state index contributed by atoms with van der Waals surface area (Å²) in [5.74, 6) is 0.368. The predicted molar refractivity (Wildman–Crippen MR) is 86.6 cm³/mol. The van der Waals surface area contributed by atoms with Crippen LogP contribution < -0.4 is 5.32 Å². The molecule has 0 aromatic heterocycles. The zero-order valence-corrected chi connectivity index (χ0v) is 14.6. The molecule has 0 aromatic carbocycles. The van der Waals surface area contributed by atoms with Gasteiger partial charge in [-0.15, -0.1) is 0 Å². The van der Waals surface area contributed by atoms with E-state index in [1.165, 1.54) is 4.31 Å². The maximum Gasteiger partial charge on any atom is 0.317 e. The molecule has 0 aliphatic carbocycles. The van der Waals surface area contributed by atoms with Crippen molar-refractivity contribution in [2.24, 2.45) is 5.92 Å². The minimum atomic E-state index is -3.07. The van der Waals surface area contributed by atoms with Gasteiger partial charge >= 0.3 is 6.03 Å². The van der Waals surface area contributed by atoms with E-state index >= 15 is 0 Å². The molecule has 23 heavy (non-hydrogen) atoms. The highest BCUT2D eigenvalue weighted by atomic mass is 32.2. The number of sulfonamides is 1. The lowest BCUT2D eigenvalue weighted by Gasteiger charge is -2.38. The van der Waals surface area contributed by atoms with Crippen molar-refractivity contribution in [1.82, 2.24) is 14.5 Å². The van der Waals surface area contributed by atoms with Gasteiger partial charge in [0.15, 0.2) is 0 Å². The fraction of sp³-hybridized carbons (Fsp3) is 0.933. The highest BCUT2D eigenvalue weighted by Gasteiger charge is 2.38. The van der Waals surface area contributed by atoms with E-state index < -0.39 is 10.0 Å². The maximum absolute atomic E-state index is 12.4. The topological polar surface area (TPSA) is 79.0 Å². The Bertz CT molecular complexity index is 527. The van der Waals surface area contributed by atoms with Crippen molar-refractivity contribution in [1.29, 1.82) is 0 Å². The number of nitrogens with zero attached hydrogens (tertiary/aromatic N) is 2. The van der Waals surface area contributed by atoms with E-state index in [4.69, 9.17) is 4.74 Å². The average Bonchev–Trinajstić information content (AvgIpc) is 3.15. The molecule has 1 N–H and O–H groups in total. The first-order chi connectivity index (χ1) is 11.0. The normalized spacial score (nSPS) is 29.7. The third-order valence-corrected chi connectivity index (χ3v) is 6.99. The Morgan fingerprint density at radius 2 is 2.04 bits per heavy atom. The van der Waals surface area contributed by atoms with Crippen molar-refractivity contribution in [3.05, 3.63) is 0 Å². The van der Waals surface area contributed by atoms with Crippen molar-refractivity contribution in [2.75, 3.05) is 38.5 Å². The quantitative estimate of drug-likeness (QED) is 0.792. The lowest BCUT2D eigenvalue weighted by Crippen LogP contribution is -2.55. The van der Waals surface area contributed by atoms with Crippen LogP contribution in [-0.2, 0) is 14.8 Å². The average molecular weight is 345 g/mol. The van der Waals surface area contributed by atoms with Crippen LogP contribution in [0.4, 0.5) is 4.79 Å². The van der Waals surface area contributed by atoms with E-state index in [1.807, 2.05) is 4.90 Å². The second-order valence-electron chi connectivity index (χ2n) is 6.72. The summed E-state index contributed by atoms with van der Waals surface area (Å²) in [6.07, 6.45) is 4.37. The van der Waals surface area contributed by atoms with E-state index in [9.17, 15) is 13.2 Å². The number of rotatable bonds is 5. The molecule has 3 rings (SSSR count). The number of hydrogen-bond donors (Lipinski definition) is 1. The van der Waals surface area contributed by atoms with Gasteiger partial charge in [0, 0.05) is 38.7 Å². The van der Waals surface area contributed by atoms with E-state index in [-0.39, 0.29) is 29.8 Å². The molecular weight excluding hydrogens is 318 g/mol. The first-order valence-electron chi connectivity index (χ1n) is 8.65. The summed E-state index contributed by atoms with van der Waals surface area (Å²) in [5, 5.41) is 2.98. The second-order valence-corrected chi connectivity index (χ2v) is 8.98. The third kappa shape index (κ3) is 3.64. The van der Waals surface area contributed by atoms with Crippen LogP contribution in [0.5, 0.6) is 0 Å². The fourth-order valence-electron chi connectivity index (χ4n) is 3.73. The zero-order valence-electron chi connectivity index (χ0n) is 13.7. The Balaban J connectivity index is 1.43. The van der Waals surface area contributed by atoms with Crippen LogP contribution in [-0.4, -0.2) is 74.3 Å². The van der Waals surface area contributed by atoms with Gasteiger partial charge in [0.25, 0.3) is 0 Å². The number of amides is 2. The molecule has 3 heterocycles. The predicted octanol–water partition coefficient (Wildman–Crippen LogP) is 0.621. The van der Waals surface area contributed by atoms with Crippen LogP contribution in [0.15, 0.2) is 0 Å². The zero-order chi connectivity index (χ0) is 16.4. The van der Waals surface area contributed by atoms with Crippen LogP contribution in [0, 0.1) is 5.92 Å². The summed E-state index contributed by atoms with van der Waals surface area (Å²) in [6, 6.07) is 0.177.